The van der Waals surface area contributed by atoms with E-state index in [0.29, 0.717) is 18.9 Å². The topological polar surface area (TPSA) is 32.3 Å². The van der Waals surface area contributed by atoms with E-state index >= 15 is 0 Å². The number of carbonyl (C=O) groups is 1. The Kier molecular flexibility index (Phi) is 5.99. The second-order valence-corrected chi connectivity index (χ2v) is 7.26. The number of nitrogens with zero attached hydrogens (tertiary/aromatic N) is 1. The predicted octanol–water partition coefficient (Wildman–Crippen LogP) is 3.43. The number of hydrogen-bond acceptors (Lipinski definition) is 3. The van der Waals surface area contributed by atoms with Gasteiger partial charge in [0.25, 0.3) is 0 Å². The molecular formula is C19H23FN2OS. The van der Waals surface area contributed by atoms with Gasteiger partial charge in [0.15, 0.2) is 0 Å². The lowest BCUT2D eigenvalue weighted by Crippen LogP contribution is -2.39. The molecule has 1 amide bonds. The number of benzene rings is 1. The molecule has 1 aromatic heterocycles. The van der Waals surface area contributed by atoms with Crippen LogP contribution in [-0.2, 0) is 11.2 Å². The predicted molar refractivity (Wildman–Crippen MR) is 95.8 cm³/mol. The summed E-state index contributed by atoms with van der Waals surface area (Å²) in [5, 5.41) is 5.11. The van der Waals surface area contributed by atoms with E-state index in [1.54, 1.807) is 12.1 Å². The van der Waals surface area contributed by atoms with E-state index in [1.807, 2.05) is 11.3 Å². The summed E-state index contributed by atoms with van der Waals surface area (Å²) in [6, 6.07) is 10.5. The van der Waals surface area contributed by atoms with Crippen LogP contribution in [0.5, 0.6) is 0 Å². The van der Waals surface area contributed by atoms with Crippen molar-refractivity contribution in [2.24, 2.45) is 0 Å². The number of piperidine rings is 1. The average Bonchev–Trinajstić information content (AvgIpc) is 3.12. The third kappa shape index (κ3) is 4.89. The lowest BCUT2D eigenvalue weighted by molar-refractivity contribution is -0.120. The average molecular weight is 346 g/mol. The molecule has 0 atom stereocenters. The van der Waals surface area contributed by atoms with Crippen LogP contribution in [0.4, 0.5) is 4.39 Å². The van der Waals surface area contributed by atoms with Crippen LogP contribution in [-0.4, -0.2) is 37.0 Å². The Bertz CT molecular complexity index is 634. The summed E-state index contributed by atoms with van der Waals surface area (Å²) < 4.78 is 12.8. The molecule has 3 nitrogen and oxygen atoms in total. The van der Waals surface area contributed by atoms with Gasteiger partial charge in [-0.15, -0.1) is 11.3 Å². The van der Waals surface area contributed by atoms with Gasteiger partial charge in [0.1, 0.15) is 5.82 Å². The van der Waals surface area contributed by atoms with Crippen molar-refractivity contribution >= 4 is 17.2 Å². The Morgan fingerprint density at radius 3 is 2.62 bits per heavy atom. The van der Waals surface area contributed by atoms with Gasteiger partial charge in [0.05, 0.1) is 6.42 Å². The summed E-state index contributed by atoms with van der Waals surface area (Å²) in [6.45, 7) is 3.75. The summed E-state index contributed by atoms with van der Waals surface area (Å²) in [5.74, 6) is 0.425. The maximum Gasteiger partial charge on any atom is 0.224 e. The lowest BCUT2D eigenvalue weighted by atomic mass is 9.95. The molecular weight excluding hydrogens is 323 g/mol. The van der Waals surface area contributed by atoms with E-state index in [2.05, 4.69) is 27.7 Å². The highest BCUT2D eigenvalue weighted by Gasteiger charge is 2.20. The highest BCUT2D eigenvalue weighted by molar-refractivity contribution is 7.10. The zero-order valence-corrected chi connectivity index (χ0v) is 14.5. The zero-order valence-electron chi connectivity index (χ0n) is 13.7. The second-order valence-electron chi connectivity index (χ2n) is 6.28. The van der Waals surface area contributed by atoms with Gasteiger partial charge in [-0.1, -0.05) is 18.2 Å². The van der Waals surface area contributed by atoms with Crippen LogP contribution in [0.15, 0.2) is 41.8 Å². The minimum atomic E-state index is -0.273. The molecule has 128 valence electrons. The number of nitrogens with one attached hydrogen (secondary N) is 1. The molecule has 0 spiro atoms. The van der Waals surface area contributed by atoms with E-state index in [9.17, 15) is 9.18 Å². The largest absolute Gasteiger partial charge is 0.355 e. The molecule has 0 aliphatic carbocycles. The maximum atomic E-state index is 12.8. The SMILES string of the molecule is O=C(Cc1ccc(F)cc1)NCCN1CCC(c2cccs2)CC1. The Labute approximate surface area is 146 Å². The molecule has 0 bridgehead atoms. The van der Waals surface area contributed by atoms with Crippen molar-refractivity contribution < 1.29 is 9.18 Å². The van der Waals surface area contributed by atoms with Crippen LogP contribution in [0.25, 0.3) is 0 Å². The number of thiophene rings is 1. The summed E-state index contributed by atoms with van der Waals surface area (Å²) >= 11 is 1.86. The van der Waals surface area contributed by atoms with Crippen molar-refractivity contribution in [3.8, 4) is 0 Å². The molecule has 1 N–H and O–H groups in total. The van der Waals surface area contributed by atoms with Crippen molar-refractivity contribution in [2.45, 2.75) is 25.2 Å². The standard InChI is InChI=1S/C19H23FN2OS/c20-17-5-3-15(4-6-17)14-19(23)21-9-12-22-10-7-16(8-11-22)18-2-1-13-24-18/h1-6,13,16H,7-12,14H2,(H,21,23). The van der Waals surface area contributed by atoms with Crippen LogP contribution in [0.1, 0.15) is 29.2 Å². The third-order valence-corrected chi connectivity index (χ3v) is 5.60. The number of hydrogen-bond donors (Lipinski definition) is 1. The van der Waals surface area contributed by atoms with E-state index in [1.165, 1.54) is 29.9 Å². The minimum Gasteiger partial charge on any atom is -0.355 e. The van der Waals surface area contributed by atoms with Gasteiger partial charge >= 0.3 is 0 Å². The molecule has 1 aliphatic heterocycles. The second kappa shape index (κ2) is 8.40. The summed E-state index contributed by atoms with van der Waals surface area (Å²) in [4.78, 5) is 15.8. The third-order valence-electron chi connectivity index (χ3n) is 4.56. The number of rotatable bonds is 6. The van der Waals surface area contributed by atoms with Crippen molar-refractivity contribution in [3.05, 3.63) is 58.0 Å². The van der Waals surface area contributed by atoms with E-state index < -0.39 is 0 Å². The Hall–Kier alpha value is -1.72. The molecule has 1 fully saturated rings. The molecule has 2 heterocycles. The van der Waals surface area contributed by atoms with Gasteiger partial charge in [-0.25, -0.2) is 4.39 Å². The minimum absolute atomic E-state index is 0.00456. The van der Waals surface area contributed by atoms with E-state index in [-0.39, 0.29) is 11.7 Å². The fraction of sp³-hybridized carbons (Fsp3) is 0.421. The van der Waals surface area contributed by atoms with Crippen molar-refractivity contribution in [3.63, 3.8) is 0 Å². The van der Waals surface area contributed by atoms with Crippen molar-refractivity contribution in [2.75, 3.05) is 26.2 Å². The lowest BCUT2D eigenvalue weighted by Gasteiger charge is -2.31. The van der Waals surface area contributed by atoms with Crippen LogP contribution >= 0.6 is 11.3 Å². The molecule has 1 saturated heterocycles. The Balaban J connectivity index is 1.33. The quantitative estimate of drug-likeness (QED) is 0.869. The smallest absolute Gasteiger partial charge is 0.224 e. The van der Waals surface area contributed by atoms with Gasteiger partial charge in [-0.2, -0.15) is 0 Å². The number of halogens is 1. The van der Waals surface area contributed by atoms with Crippen LogP contribution in [0, 0.1) is 5.82 Å². The summed E-state index contributed by atoms with van der Waals surface area (Å²) in [6.07, 6.45) is 2.70. The monoisotopic (exact) mass is 346 g/mol. The number of likely N-dealkylation sites (tertiary alicyclic amines) is 1. The molecule has 2 aromatic rings. The first-order chi connectivity index (χ1) is 11.7. The van der Waals surface area contributed by atoms with Gasteiger partial charge in [-0.3, -0.25) is 4.79 Å². The van der Waals surface area contributed by atoms with Crippen LogP contribution < -0.4 is 5.32 Å². The normalized spacial score (nSPS) is 16.2. The molecule has 0 saturated carbocycles. The zero-order chi connectivity index (χ0) is 16.8. The highest BCUT2D eigenvalue weighted by Crippen LogP contribution is 2.30. The summed E-state index contributed by atoms with van der Waals surface area (Å²) in [5.41, 5.74) is 0.839. The Morgan fingerprint density at radius 2 is 1.96 bits per heavy atom. The van der Waals surface area contributed by atoms with Gasteiger partial charge in [-0.05, 0) is 61.0 Å². The Morgan fingerprint density at radius 1 is 1.21 bits per heavy atom. The first kappa shape index (κ1) is 17.1. The fourth-order valence-electron chi connectivity index (χ4n) is 3.17. The summed E-state index contributed by atoms with van der Waals surface area (Å²) in [7, 11) is 0. The molecule has 1 aromatic carbocycles. The molecule has 0 unspecified atom stereocenters. The molecule has 3 rings (SSSR count). The van der Waals surface area contributed by atoms with Gasteiger partial charge in [0, 0.05) is 18.0 Å². The van der Waals surface area contributed by atoms with Crippen LogP contribution in [0.2, 0.25) is 0 Å². The maximum absolute atomic E-state index is 12.8. The molecule has 24 heavy (non-hydrogen) atoms. The molecule has 0 radical (unpaired) electrons. The number of amides is 1. The molecule has 1 aliphatic rings. The first-order valence-corrected chi connectivity index (χ1v) is 9.35. The number of carbonyl (C=O) groups excluding carboxylic acids is 1. The van der Waals surface area contributed by atoms with Gasteiger partial charge < -0.3 is 10.2 Å². The van der Waals surface area contributed by atoms with Crippen LogP contribution in [0.3, 0.4) is 0 Å². The highest BCUT2D eigenvalue weighted by atomic mass is 32.1. The van der Waals surface area contributed by atoms with Gasteiger partial charge in [0.2, 0.25) is 5.91 Å². The fourth-order valence-corrected chi connectivity index (χ4v) is 4.07. The first-order valence-electron chi connectivity index (χ1n) is 8.47. The van der Waals surface area contributed by atoms with E-state index in [4.69, 9.17) is 0 Å². The molecule has 5 heteroatoms. The van der Waals surface area contributed by atoms with E-state index in [0.717, 1.165) is 25.2 Å². The van der Waals surface area contributed by atoms with Crippen molar-refractivity contribution in [1.82, 2.24) is 10.2 Å². The van der Waals surface area contributed by atoms with Crippen molar-refractivity contribution in [1.29, 1.82) is 0 Å².